The van der Waals surface area contributed by atoms with Gasteiger partial charge in [-0.05, 0) is 23.9 Å². The average molecular weight is 296 g/mol. The molecule has 0 radical (unpaired) electrons. The minimum Gasteiger partial charge on any atom is -0.390 e. The summed E-state index contributed by atoms with van der Waals surface area (Å²) in [5, 5.41) is 29.4. The first-order valence-corrected chi connectivity index (χ1v) is 7.03. The molecule has 1 atom stereocenters. The number of nitro groups is 1. The molecule has 0 aliphatic rings. The van der Waals surface area contributed by atoms with E-state index in [1.54, 1.807) is 11.3 Å². The van der Waals surface area contributed by atoms with Gasteiger partial charge in [-0.3, -0.25) is 14.8 Å². The second kappa shape index (κ2) is 6.60. The fraction of sp³-hybridized carbons (Fsp3) is 0.417. The zero-order chi connectivity index (χ0) is 14.5. The molecule has 7 nitrogen and oxygen atoms in total. The van der Waals surface area contributed by atoms with Crippen LogP contribution in [0.5, 0.6) is 0 Å². The Hall–Kier alpha value is -1.77. The van der Waals surface area contributed by atoms with Gasteiger partial charge in [-0.25, -0.2) is 0 Å². The van der Waals surface area contributed by atoms with Gasteiger partial charge in [0.2, 0.25) is 0 Å². The topological polar surface area (TPSA) is 93.2 Å². The van der Waals surface area contributed by atoms with Crippen LogP contribution in [0.3, 0.4) is 0 Å². The quantitative estimate of drug-likeness (QED) is 0.593. The molecule has 0 aliphatic heterocycles. The molecule has 2 N–H and O–H groups in total. The van der Waals surface area contributed by atoms with E-state index < -0.39 is 11.0 Å². The highest BCUT2D eigenvalue weighted by molar-refractivity contribution is 7.10. The molecule has 2 aromatic heterocycles. The number of hydrogen-bond acceptors (Lipinski definition) is 6. The van der Waals surface area contributed by atoms with E-state index >= 15 is 0 Å². The van der Waals surface area contributed by atoms with Gasteiger partial charge in [0.15, 0.2) is 0 Å². The summed E-state index contributed by atoms with van der Waals surface area (Å²) in [6.07, 6.45) is 1.84. The summed E-state index contributed by atoms with van der Waals surface area (Å²) >= 11 is 1.68. The molecule has 1 unspecified atom stereocenters. The zero-order valence-corrected chi connectivity index (χ0v) is 11.8. The molecule has 0 spiro atoms. The van der Waals surface area contributed by atoms with Crippen LogP contribution in [0, 0.1) is 17.0 Å². The Labute approximate surface area is 120 Å². The van der Waals surface area contributed by atoms with Crippen LogP contribution in [0.15, 0.2) is 23.8 Å². The van der Waals surface area contributed by atoms with Crippen molar-refractivity contribution in [2.24, 2.45) is 0 Å². The molecule has 108 valence electrons. The third kappa shape index (κ3) is 3.86. The first-order valence-electron chi connectivity index (χ1n) is 6.15. The lowest BCUT2D eigenvalue weighted by Gasteiger charge is -2.11. The van der Waals surface area contributed by atoms with E-state index in [2.05, 4.69) is 16.5 Å². The van der Waals surface area contributed by atoms with Gasteiger partial charge in [-0.2, -0.15) is 5.10 Å². The Balaban J connectivity index is 1.76. The van der Waals surface area contributed by atoms with Gasteiger partial charge < -0.3 is 10.4 Å². The molecule has 0 aromatic carbocycles. The zero-order valence-electron chi connectivity index (χ0n) is 11.0. The SMILES string of the molecule is Cc1ccsc1CNCC(O)Cn1cc([N+](=O)[O-])cn1. The van der Waals surface area contributed by atoms with Crippen molar-refractivity contribution < 1.29 is 10.0 Å². The highest BCUT2D eigenvalue weighted by Crippen LogP contribution is 2.14. The van der Waals surface area contributed by atoms with Crippen molar-refractivity contribution in [1.29, 1.82) is 0 Å². The number of hydrogen-bond donors (Lipinski definition) is 2. The lowest BCUT2D eigenvalue weighted by molar-refractivity contribution is -0.385. The van der Waals surface area contributed by atoms with Crippen molar-refractivity contribution in [3.63, 3.8) is 0 Å². The van der Waals surface area contributed by atoms with Crippen LogP contribution in [0.4, 0.5) is 5.69 Å². The molecule has 2 aromatic rings. The Kier molecular flexibility index (Phi) is 4.83. The van der Waals surface area contributed by atoms with E-state index in [1.807, 2.05) is 12.3 Å². The normalized spacial score (nSPS) is 12.5. The second-order valence-electron chi connectivity index (χ2n) is 4.49. The first kappa shape index (κ1) is 14.6. The van der Waals surface area contributed by atoms with Crippen molar-refractivity contribution in [3.05, 3.63) is 44.4 Å². The second-order valence-corrected chi connectivity index (χ2v) is 5.49. The molecule has 0 aliphatic carbocycles. The lowest BCUT2D eigenvalue weighted by Crippen LogP contribution is -2.30. The Bertz CT molecular complexity index is 581. The number of thiophene rings is 1. The van der Waals surface area contributed by atoms with Crippen molar-refractivity contribution >= 4 is 17.0 Å². The summed E-state index contributed by atoms with van der Waals surface area (Å²) in [6, 6.07) is 2.06. The molecule has 2 heterocycles. The highest BCUT2D eigenvalue weighted by atomic mass is 32.1. The predicted molar refractivity (Wildman–Crippen MR) is 75.7 cm³/mol. The minimum absolute atomic E-state index is 0.0700. The van der Waals surface area contributed by atoms with Crippen LogP contribution in [-0.4, -0.2) is 32.5 Å². The van der Waals surface area contributed by atoms with E-state index in [0.717, 1.165) is 0 Å². The third-order valence-electron chi connectivity index (χ3n) is 2.86. The van der Waals surface area contributed by atoms with Gasteiger partial charge in [0, 0.05) is 18.0 Å². The van der Waals surface area contributed by atoms with Crippen molar-refractivity contribution in [3.8, 4) is 0 Å². The summed E-state index contributed by atoms with van der Waals surface area (Å²) in [6.45, 7) is 3.39. The number of aromatic nitrogens is 2. The summed E-state index contributed by atoms with van der Waals surface area (Å²) < 4.78 is 1.38. The number of aliphatic hydroxyl groups is 1. The molecular formula is C12H16N4O3S. The maximum atomic E-state index is 10.5. The highest BCUT2D eigenvalue weighted by Gasteiger charge is 2.11. The first-order chi connectivity index (χ1) is 9.56. The van der Waals surface area contributed by atoms with Crippen molar-refractivity contribution in [2.45, 2.75) is 26.1 Å². The number of aryl methyl sites for hydroxylation is 1. The largest absolute Gasteiger partial charge is 0.390 e. The summed E-state index contributed by atoms with van der Waals surface area (Å²) in [7, 11) is 0. The van der Waals surface area contributed by atoms with E-state index in [0.29, 0.717) is 13.1 Å². The maximum Gasteiger partial charge on any atom is 0.306 e. The van der Waals surface area contributed by atoms with Crippen molar-refractivity contribution in [1.82, 2.24) is 15.1 Å². The predicted octanol–water partition coefficient (Wildman–Crippen LogP) is 1.31. The Morgan fingerprint density at radius 2 is 2.45 bits per heavy atom. The van der Waals surface area contributed by atoms with E-state index in [9.17, 15) is 15.2 Å². The smallest absolute Gasteiger partial charge is 0.306 e. The number of nitrogens with one attached hydrogen (secondary N) is 1. The van der Waals surface area contributed by atoms with Gasteiger partial charge in [-0.1, -0.05) is 0 Å². The number of nitrogens with zero attached hydrogens (tertiary/aromatic N) is 3. The lowest BCUT2D eigenvalue weighted by atomic mass is 10.3. The molecule has 8 heteroatoms. The molecule has 20 heavy (non-hydrogen) atoms. The fourth-order valence-electron chi connectivity index (χ4n) is 1.76. The standard InChI is InChI=1S/C12H16N4O3S/c1-9-2-3-20-12(9)6-13-5-11(17)8-15-7-10(4-14-15)16(18)19/h2-4,7,11,13,17H,5-6,8H2,1H3. The van der Waals surface area contributed by atoms with Gasteiger partial charge in [0.25, 0.3) is 0 Å². The van der Waals surface area contributed by atoms with Gasteiger partial charge >= 0.3 is 5.69 Å². The summed E-state index contributed by atoms with van der Waals surface area (Å²) in [4.78, 5) is 11.3. The molecule has 0 amide bonds. The molecule has 2 rings (SSSR count). The van der Waals surface area contributed by atoms with Crippen LogP contribution in [0.1, 0.15) is 10.4 Å². The third-order valence-corrected chi connectivity index (χ3v) is 3.88. The molecule has 0 saturated carbocycles. The molecule has 0 fully saturated rings. The fourth-order valence-corrected chi connectivity index (χ4v) is 2.64. The maximum absolute atomic E-state index is 10.5. The summed E-state index contributed by atoms with van der Waals surface area (Å²) in [5.41, 5.74) is 1.17. The minimum atomic E-state index is -0.644. The van der Waals surface area contributed by atoms with Crippen LogP contribution in [0.25, 0.3) is 0 Å². The Morgan fingerprint density at radius 3 is 3.05 bits per heavy atom. The van der Waals surface area contributed by atoms with E-state index in [-0.39, 0.29) is 12.2 Å². The van der Waals surface area contributed by atoms with Gasteiger partial charge in [0.05, 0.1) is 17.6 Å². The molecule has 0 bridgehead atoms. The average Bonchev–Trinajstić information content (AvgIpc) is 2.99. The monoisotopic (exact) mass is 296 g/mol. The number of rotatable bonds is 7. The number of aliphatic hydroxyl groups excluding tert-OH is 1. The van der Waals surface area contributed by atoms with Gasteiger partial charge in [0.1, 0.15) is 12.4 Å². The van der Waals surface area contributed by atoms with Crippen LogP contribution in [0.2, 0.25) is 0 Å². The van der Waals surface area contributed by atoms with E-state index in [4.69, 9.17) is 0 Å². The van der Waals surface area contributed by atoms with Gasteiger partial charge in [-0.15, -0.1) is 11.3 Å². The summed E-state index contributed by atoms with van der Waals surface area (Å²) in [5.74, 6) is 0. The van der Waals surface area contributed by atoms with Crippen LogP contribution < -0.4 is 5.32 Å². The Morgan fingerprint density at radius 1 is 1.65 bits per heavy atom. The van der Waals surface area contributed by atoms with Crippen LogP contribution >= 0.6 is 11.3 Å². The molecule has 0 saturated heterocycles. The van der Waals surface area contributed by atoms with E-state index in [1.165, 1.54) is 27.5 Å². The molecular weight excluding hydrogens is 280 g/mol. The van der Waals surface area contributed by atoms with Crippen molar-refractivity contribution in [2.75, 3.05) is 6.54 Å². The van der Waals surface area contributed by atoms with Crippen LogP contribution in [-0.2, 0) is 13.1 Å².